The second kappa shape index (κ2) is 8.70. The van der Waals surface area contributed by atoms with Gasteiger partial charge in [0, 0.05) is 38.7 Å². The third kappa shape index (κ3) is 4.07. The summed E-state index contributed by atoms with van der Waals surface area (Å²) >= 11 is 6.64. The van der Waals surface area contributed by atoms with Crippen molar-refractivity contribution in [2.24, 2.45) is 0 Å². The summed E-state index contributed by atoms with van der Waals surface area (Å²) in [5.74, 6) is 0. The maximum absolute atomic E-state index is 8.96. The Morgan fingerprint density at radius 2 is 1.42 bits per heavy atom. The summed E-state index contributed by atoms with van der Waals surface area (Å²) in [7, 11) is 0. The minimum Gasteiger partial charge on any atom is -0.227 e. The van der Waals surface area contributed by atoms with Crippen molar-refractivity contribution in [2.75, 3.05) is 0 Å². The van der Waals surface area contributed by atoms with Crippen LogP contribution in [0.5, 0.6) is 0 Å². The Morgan fingerprint density at radius 1 is 0.839 bits per heavy atom. The summed E-state index contributed by atoms with van der Waals surface area (Å²) in [4.78, 5) is 12.9. The summed E-state index contributed by atoms with van der Waals surface area (Å²) in [6.07, 6.45) is 3.24. The van der Waals surface area contributed by atoms with Crippen molar-refractivity contribution >= 4 is 66.9 Å². The lowest BCUT2D eigenvalue weighted by atomic mass is 10.2. The predicted molar refractivity (Wildman–Crippen MR) is 131 cm³/mol. The highest BCUT2D eigenvalue weighted by molar-refractivity contribution is 7.33. The molecule has 4 nitrogen and oxygen atoms in total. The van der Waals surface area contributed by atoms with Crippen LogP contribution < -0.4 is 0 Å². The summed E-state index contributed by atoms with van der Waals surface area (Å²) < 4.78 is 2.48. The van der Waals surface area contributed by atoms with Crippen LogP contribution in [0.4, 0.5) is 0 Å². The number of hydrogen-bond acceptors (Lipinski definition) is 6. The Balaban J connectivity index is 1.66. The van der Waals surface area contributed by atoms with Gasteiger partial charge in [-0.3, -0.25) is 0 Å². The van der Waals surface area contributed by atoms with Crippen LogP contribution in [0.2, 0.25) is 0 Å². The SMILES string of the molecule is [C-]#[N+]/C(C#N)=C\c1ccc(-c2sc3cc(-c4ccc(/C=C(\C#N)[N+]#[C-])s4)sc3c2C)s1. The molecule has 0 spiro atoms. The van der Waals surface area contributed by atoms with Crippen LogP contribution >= 0.6 is 45.3 Å². The first kappa shape index (κ1) is 20.8. The summed E-state index contributed by atoms with van der Waals surface area (Å²) in [5.41, 5.74) is 1.41. The zero-order valence-corrected chi connectivity index (χ0v) is 19.2. The molecule has 0 saturated heterocycles. The molecular weight excluding hydrogens is 461 g/mol. The molecule has 146 valence electrons. The van der Waals surface area contributed by atoms with E-state index >= 15 is 0 Å². The van der Waals surface area contributed by atoms with E-state index in [2.05, 4.69) is 22.7 Å². The van der Waals surface area contributed by atoms with Gasteiger partial charge in [-0.25, -0.2) is 20.2 Å². The van der Waals surface area contributed by atoms with Gasteiger partial charge in [0.25, 0.3) is 11.4 Å². The highest BCUT2D eigenvalue weighted by Gasteiger charge is 2.16. The molecule has 0 radical (unpaired) electrons. The molecule has 4 aromatic rings. The van der Waals surface area contributed by atoms with Crippen molar-refractivity contribution in [3.63, 3.8) is 0 Å². The summed E-state index contributed by atoms with van der Waals surface area (Å²) in [6.45, 7) is 16.2. The highest BCUT2D eigenvalue weighted by Crippen LogP contribution is 2.47. The number of nitriles is 2. The van der Waals surface area contributed by atoms with Crippen LogP contribution in [-0.2, 0) is 0 Å². The number of hydrogen-bond donors (Lipinski definition) is 0. The monoisotopic (exact) mass is 470 g/mol. The fourth-order valence-corrected chi connectivity index (χ4v) is 7.66. The number of nitrogens with zero attached hydrogens (tertiary/aromatic N) is 4. The molecule has 0 fully saturated rings. The quantitative estimate of drug-likeness (QED) is 0.222. The zero-order chi connectivity index (χ0) is 22.0. The first-order valence-electron chi connectivity index (χ1n) is 8.78. The molecule has 4 aromatic heterocycles. The van der Waals surface area contributed by atoms with Gasteiger partial charge >= 0.3 is 0 Å². The number of aryl methyl sites for hydroxylation is 1. The second-order valence-electron chi connectivity index (χ2n) is 6.27. The van der Waals surface area contributed by atoms with Gasteiger partial charge in [-0.2, -0.15) is 0 Å². The predicted octanol–water partition coefficient (Wildman–Crippen LogP) is 8.30. The number of thiophene rings is 4. The van der Waals surface area contributed by atoms with Crippen LogP contribution in [-0.4, -0.2) is 0 Å². The number of fused-ring (bicyclic) bond motifs is 1. The van der Waals surface area contributed by atoms with E-state index < -0.39 is 0 Å². The maximum Gasteiger partial charge on any atom is 0.263 e. The molecule has 0 bridgehead atoms. The first-order valence-corrected chi connectivity index (χ1v) is 12.0. The molecule has 0 unspecified atom stereocenters. The molecule has 8 heteroatoms. The van der Waals surface area contributed by atoms with E-state index in [-0.39, 0.29) is 11.4 Å². The lowest BCUT2D eigenvalue weighted by molar-refractivity contribution is 1.51. The minimum atomic E-state index is 0.0875. The van der Waals surface area contributed by atoms with E-state index in [4.69, 9.17) is 23.7 Å². The van der Waals surface area contributed by atoms with Gasteiger partial charge in [0.1, 0.15) is 0 Å². The van der Waals surface area contributed by atoms with Gasteiger partial charge in [0.05, 0.1) is 25.3 Å². The van der Waals surface area contributed by atoms with E-state index in [9.17, 15) is 0 Å². The summed E-state index contributed by atoms with van der Waals surface area (Å²) in [5, 5.41) is 17.9. The van der Waals surface area contributed by atoms with Crippen LogP contribution in [0.15, 0.2) is 41.7 Å². The topological polar surface area (TPSA) is 56.3 Å². The molecule has 0 aliphatic rings. The third-order valence-corrected chi connectivity index (χ3v) is 9.40. The Morgan fingerprint density at radius 3 is 1.97 bits per heavy atom. The van der Waals surface area contributed by atoms with Gasteiger partial charge in [-0.05, 0) is 55.0 Å². The average Bonchev–Trinajstić information content (AvgIpc) is 3.55. The molecular formula is C23H10N4S4. The van der Waals surface area contributed by atoms with E-state index in [1.54, 1.807) is 57.5 Å². The molecule has 31 heavy (non-hydrogen) atoms. The van der Waals surface area contributed by atoms with Crippen molar-refractivity contribution in [3.8, 4) is 31.6 Å². The fraction of sp³-hybridized carbons (Fsp3) is 0.0435. The largest absolute Gasteiger partial charge is 0.263 e. The van der Waals surface area contributed by atoms with Crippen LogP contribution in [0, 0.1) is 42.7 Å². The fourth-order valence-electron chi connectivity index (χ4n) is 2.92. The van der Waals surface area contributed by atoms with Gasteiger partial charge in [0.2, 0.25) is 0 Å². The van der Waals surface area contributed by atoms with Crippen LogP contribution in [0.1, 0.15) is 15.3 Å². The molecule has 0 aliphatic heterocycles. The summed E-state index contributed by atoms with van der Waals surface area (Å²) in [6, 6.07) is 14.0. The molecule has 0 aliphatic carbocycles. The zero-order valence-electron chi connectivity index (χ0n) is 16.0. The first-order chi connectivity index (χ1) is 15.1. The van der Waals surface area contributed by atoms with E-state index in [1.807, 2.05) is 36.4 Å². The van der Waals surface area contributed by atoms with E-state index in [0.717, 1.165) is 19.5 Å². The Kier molecular flexibility index (Phi) is 5.83. The lowest BCUT2D eigenvalue weighted by Crippen LogP contribution is -1.68. The van der Waals surface area contributed by atoms with Crippen molar-refractivity contribution < 1.29 is 0 Å². The molecule has 0 N–H and O–H groups in total. The Labute approximate surface area is 195 Å². The van der Waals surface area contributed by atoms with Crippen LogP contribution in [0.3, 0.4) is 0 Å². The molecule has 4 rings (SSSR count). The van der Waals surface area contributed by atoms with Crippen molar-refractivity contribution in [1.29, 1.82) is 10.5 Å². The standard InChI is InChI=1S/C23H10N4S4/c1-13-22(19-7-5-17(29-19)9-15(12-25)27-3)31-21-10-20(30-23(13)21)18-6-4-16(28-18)8-14(11-24)26-2/h4-10H,1H3/b14-8+,15-9-. The normalized spacial score (nSPS) is 11.6. The second-order valence-corrected chi connectivity index (χ2v) is 10.6. The smallest absolute Gasteiger partial charge is 0.227 e. The third-order valence-electron chi connectivity index (χ3n) is 4.34. The molecule has 0 atom stereocenters. The molecule has 0 saturated carbocycles. The average molecular weight is 471 g/mol. The van der Waals surface area contributed by atoms with Crippen LogP contribution in [0.25, 0.3) is 50.8 Å². The van der Waals surface area contributed by atoms with Gasteiger partial charge < -0.3 is 0 Å². The number of allylic oxidation sites excluding steroid dienone is 2. The Hall–Kier alpha value is -3.50. The van der Waals surface area contributed by atoms with Crippen molar-refractivity contribution in [1.82, 2.24) is 0 Å². The van der Waals surface area contributed by atoms with Gasteiger partial charge in [-0.15, -0.1) is 45.3 Å². The van der Waals surface area contributed by atoms with E-state index in [0.29, 0.717) is 0 Å². The highest BCUT2D eigenvalue weighted by atomic mass is 32.1. The molecule has 0 amide bonds. The number of rotatable bonds is 4. The van der Waals surface area contributed by atoms with Crippen molar-refractivity contribution in [2.45, 2.75) is 6.92 Å². The minimum absolute atomic E-state index is 0.0875. The molecule has 0 aromatic carbocycles. The van der Waals surface area contributed by atoms with Gasteiger partial charge in [0.15, 0.2) is 0 Å². The lowest BCUT2D eigenvalue weighted by Gasteiger charge is -1.95. The molecule has 4 heterocycles. The maximum atomic E-state index is 8.96. The van der Waals surface area contributed by atoms with Gasteiger partial charge in [-0.1, -0.05) is 0 Å². The van der Waals surface area contributed by atoms with Crippen molar-refractivity contribution in [3.05, 3.63) is 79.9 Å². The Bertz CT molecular complexity index is 1510. The van der Waals surface area contributed by atoms with E-state index in [1.165, 1.54) is 24.7 Å².